The summed E-state index contributed by atoms with van der Waals surface area (Å²) in [5.41, 5.74) is 2.08. The van der Waals surface area contributed by atoms with E-state index in [-0.39, 0.29) is 11.8 Å². The standard InChI is InChI=1S/C21H24N4O2S/c26-20(14-16-15-23-18-5-2-1-4-17(16)18)22-7-8-24-9-11-25(12-10-24)21(27)19-6-3-13-28-19/h1-6,13,15,23H,7-12,14H2,(H,22,26). The Kier molecular flexibility index (Phi) is 5.73. The van der Waals surface area contributed by atoms with E-state index in [0.717, 1.165) is 54.1 Å². The maximum atomic E-state index is 12.4. The van der Waals surface area contributed by atoms with Gasteiger partial charge in [0.2, 0.25) is 5.91 Å². The molecule has 1 aliphatic rings. The van der Waals surface area contributed by atoms with Crippen LogP contribution < -0.4 is 5.32 Å². The third kappa shape index (κ3) is 4.26. The zero-order chi connectivity index (χ0) is 19.3. The number of aromatic nitrogens is 1. The highest BCUT2D eigenvalue weighted by molar-refractivity contribution is 7.12. The molecular weight excluding hydrogens is 372 g/mol. The quantitative estimate of drug-likeness (QED) is 0.672. The molecule has 7 heteroatoms. The fourth-order valence-electron chi connectivity index (χ4n) is 3.60. The molecule has 0 atom stereocenters. The van der Waals surface area contributed by atoms with Crippen LogP contribution in [0.25, 0.3) is 10.9 Å². The number of thiophene rings is 1. The van der Waals surface area contributed by atoms with Crippen LogP contribution in [0.3, 0.4) is 0 Å². The molecule has 2 N–H and O–H groups in total. The third-order valence-electron chi connectivity index (χ3n) is 5.17. The molecule has 2 aromatic heterocycles. The number of benzene rings is 1. The zero-order valence-corrected chi connectivity index (χ0v) is 16.5. The molecule has 0 aliphatic carbocycles. The van der Waals surface area contributed by atoms with Crippen LogP contribution >= 0.6 is 11.3 Å². The number of para-hydroxylation sites is 1. The molecule has 0 bridgehead atoms. The molecule has 1 aliphatic heterocycles. The lowest BCUT2D eigenvalue weighted by atomic mass is 10.1. The van der Waals surface area contributed by atoms with E-state index >= 15 is 0 Å². The predicted molar refractivity (Wildman–Crippen MR) is 112 cm³/mol. The van der Waals surface area contributed by atoms with Crippen LogP contribution in [0.15, 0.2) is 48.0 Å². The summed E-state index contributed by atoms with van der Waals surface area (Å²) in [6.07, 6.45) is 2.29. The number of piperazine rings is 1. The Hall–Kier alpha value is -2.64. The van der Waals surface area contributed by atoms with E-state index in [1.807, 2.05) is 52.9 Å². The Morgan fingerprint density at radius 2 is 1.89 bits per heavy atom. The maximum absolute atomic E-state index is 12.4. The molecule has 146 valence electrons. The second-order valence-corrected chi connectivity index (χ2v) is 7.95. The minimum absolute atomic E-state index is 0.0382. The topological polar surface area (TPSA) is 68.4 Å². The number of nitrogens with zero attached hydrogens (tertiary/aromatic N) is 2. The molecule has 0 radical (unpaired) electrons. The minimum atomic E-state index is 0.0382. The van der Waals surface area contributed by atoms with Crippen LogP contribution in [0.4, 0.5) is 0 Å². The highest BCUT2D eigenvalue weighted by Gasteiger charge is 2.22. The van der Waals surface area contributed by atoms with Gasteiger partial charge in [-0.3, -0.25) is 14.5 Å². The van der Waals surface area contributed by atoms with E-state index < -0.39 is 0 Å². The van der Waals surface area contributed by atoms with Gasteiger partial charge in [-0.05, 0) is 23.1 Å². The minimum Gasteiger partial charge on any atom is -0.361 e. The Bertz CT molecular complexity index is 942. The fourth-order valence-corrected chi connectivity index (χ4v) is 4.29. The Balaban J connectivity index is 1.19. The first-order valence-electron chi connectivity index (χ1n) is 9.57. The molecule has 6 nitrogen and oxygen atoms in total. The van der Waals surface area contributed by atoms with E-state index in [1.165, 1.54) is 11.3 Å². The maximum Gasteiger partial charge on any atom is 0.264 e. The van der Waals surface area contributed by atoms with Crippen molar-refractivity contribution in [2.24, 2.45) is 0 Å². The van der Waals surface area contributed by atoms with Crippen molar-refractivity contribution < 1.29 is 9.59 Å². The van der Waals surface area contributed by atoms with Gasteiger partial charge in [-0.25, -0.2) is 0 Å². The van der Waals surface area contributed by atoms with E-state index in [1.54, 1.807) is 0 Å². The zero-order valence-electron chi connectivity index (χ0n) is 15.7. The van der Waals surface area contributed by atoms with Gasteiger partial charge in [0.1, 0.15) is 0 Å². The Morgan fingerprint density at radius 1 is 1.07 bits per heavy atom. The first kappa shape index (κ1) is 18.7. The Labute approximate surface area is 168 Å². The number of nitrogens with one attached hydrogen (secondary N) is 2. The average molecular weight is 397 g/mol. The van der Waals surface area contributed by atoms with Crippen LogP contribution in [0.1, 0.15) is 15.2 Å². The van der Waals surface area contributed by atoms with Gasteiger partial charge in [-0.2, -0.15) is 0 Å². The van der Waals surface area contributed by atoms with E-state index in [2.05, 4.69) is 15.2 Å². The van der Waals surface area contributed by atoms with Gasteiger partial charge in [0, 0.05) is 56.4 Å². The fraction of sp³-hybridized carbons (Fsp3) is 0.333. The molecule has 1 fully saturated rings. The van der Waals surface area contributed by atoms with Crippen LogP contribution in [0.2, 0.25) is 0 Å². The first-order valence-corrected chi connectivity index (χ1v) is 10.5. The number of carbonyl (C=O) groups is 2. The molecule has 2 amide bonds. The largest absolute Gasteiger partial charge is 0.361 e. The average Bonchev–Trinajstić information content (AvgIpc) is 3.39. The first-order chi connectivity index (χ1) is 13.7. The van der Waals surface area contributed by atoms with Crippen molar-refractivity contribution in [3.8, 4) is 0 Å². The summed E-state index contributed by atoms with van der Waals surface area (Å²) in [6, 6.07) is 11.8. The number of fused-ring (bicyclic) bond motifs is 1. The monoisotopic (exact) mass is 396 g/mol. The van der Waals surface area contributed by atoms with Crippen molar-refractivity contribution in [1.82, 2.24) is 20.1 Å². The highest BCUT2D eigenvalue weighted by atomic mass is 32.1. The molecule has 4 rings (SSSR count). The van der Waals surface area contributed by atoms with E-state index in [9.17, 15) is 9.59 Å². The number of carbonyl (C=O) groups excluding carboxylic acids is 2. The lowest BCUT2D eigenvalue weighted by Crippen LogP contribution is -2.50. The molecule has 28 heavy (non-hydrogen) atoms. The number of amides is 2. The molecule has 3 heterocycles. The van der Waals surface area contributed by atoms with Crippen LogP contribution in [-0.4, -0.2) is 65.9 Å². The normalized spacial score (nSPS) is 15.1. The summed E-state index contributed by atoms with van der Waals surface area (Å²) in [5, 5.41) is 6.05. The van der Waals surface area contributed by atoms with Gasteiger partial charge < -0.3 is 15.2 Å². The van der Waals surface area contributed by atoms with Gasteiger partial charge in [0.25, 0.3) is 5.91 Å². The number of rotatable bonds is 6. The van der Waals surface area contributed by atoms with Crippen molar-refractivity contribution in [2.45, 2.75) is 6.42 Å². The molecule has 0 spiro atoms. The lowest BCUT2D eigenvalue weighted by molar-refractivity contribution is -0.120. The van der Waals surface area contributed by atoms with Gasteiger partial charge >= 0.3 is 0 Å². The summed E-state index contributed by atoms with van der Waals surface area (Å²) in [7, 11) is 0. The third-order valence-corrected chi connectivity index (χ3v) is 6.03. The van der Waals surface area contributed by atoms with Gasteiger partial charge in [0.15, 0.2) is 0 Å². The Morgan fingerprint density at radius 3 is 2.68 bits per heavy atom. The number of hydrogen-bond acceptors (Lipinski definition) is 4. The van der Waals surface area contributed by atoms with Crippen molar-refractivity contribution in [2.75, 3.05) is 39.3 Å². The van der Waals surface area contributed by atoms with Gasteiger partial charge in [0.05, 0.1) is 11.3 Å². The summed E-state index contributed by atoms with van der Waals surface area (Å²) in [6.45, 7) is 4.59. The van der Waals surface area contributed by atoms with Crippen molar-refractivity contribution in [3.63, 3.8) is 0 Å². The lowest BCUT2D eigenvalue weighted by Gasteiger charge is -2.34. The summed E-state index contributed by atoms with van der Waals surface area (Å²) < 4.78 is 0. The number of aromatic amines is 1. The van der Waals surface area contributed by atoms with Gasteiger partial charge in [-0.15, -0.1) is 11.3 Å². The summed E-state index contributed by atoms with van der Waals surface area (Å²) in [4.78, 5) is 32.9. The molecule has 3 aromatic rings. The second kappa shape index (κ2) is 8.58. The summed E-state index contributed by atoms with van der Waals surface area (Å²) >= 11 is 1.49. The van der Waals surface area contributed by atoms with E-state index in [4.69, 9.17) is 0 Å². The summed E-state index contributed by atoms with van der Waals surface area (Å²) in [5.74, 6) is 0.165. The van der Waals surface area contributed by atoms with Crippen molar-refractivity contribution >= 4 is 34.1 Å². The van der Waals surface area contributed by atoms with Crippen LogP contribution in [0, 0.1) is 0 Å². The molecule has 1 saturated heterocycles. The number of hydrogen-bond donors (Lipinski definition) is 2. The molecule has 0 unspecified atom stereocenters. The smallest absolute Gasteiger partial charge is 0.264 e. The van der Waals surface area contributed by atoms with Crippen molar-refractivity contribution in [3.05, 3.63) is 58.4 Å². The molecule has 0 saturated carbocycles. The van der Waals surface area contributed by atoms with Crippen LogP contribution in [0.5, 0.6) is 0 Å². The van der Waals surface area contributed by atoms with Crippen molar-refractivity contribution in [1.29, 1.82) is 0 Å². The van der Waals surface area contributed by atoms with E-state index in [0.29, 0.717) is 13.0 Å². The highest BCUT2D eigenvalue weighted by Crippen LogP contribution is 2.18. The van der Waals surface area contributed by atoms with Crippen LogP contribution in [-0.2, 0) is 11.2 Å². The second-order valence-electron chi connectivity index (χ2n) is 7.00. The SMILES string of the molecule is O=C(Cc1c[nH]c2ccccc12)NCCN1CCN(C(=O)c2cccs2)CC1. The number of H-pyrrole nitrogens is 1. The molecule has 1 aromatic carbocycles. The molecular formula is C21H24N4O2S. The predicted octanol–water partition coefficient (Wildman–Crippen LogP) is 2.35. The van der Waals surface area contributed by atoms with Gasteiger partial charge in [-0.1, -0.05) is 24.3 Å².